The summed E-state index contributed by atoms with van der Waals surface area (Å²) in [6, 6.07) is 7.99. The third-order valence-corrected chi connectivity index (χ3v) is 3.68. The van der Waals surface area contributed by atoms with Gasteiger partial charge in [0, 0.05) is 6.54 Å². The zero-order valence-corrected chi connectivity index (χ0v) is 10.9. The molecule has 2 rings (SSSR count). The standard InChI is InChI=1S/C15H21NO2/c1-12(15(17)18)14-7-5-6-13(10-14)11-16-8-3-2-4-9-16/h5-7,10,12H,2-4,8-9,11H2,1H3,(H,17,18). The lowest BCUT2D eigenvalue weighted by Crippen LogP contribution is -2.29. The van der Waals surface area contributed by atoms with Gasteiger partial charge in [-0.1, -0.05) is 30.7 Å². The molecule has 0 bridgehead atoms. The molecule has 1 fully saturated rings. The maximum absolute atomic E-state index is 11.0. The molecule has 98 valence electrons. The highest BCUT2D eigenvalue weighted by atomic mass is 16.4. The van der Waals surface area contributed by atoms with Crippen LogP contribution in [0.15, 0.2) is 24.3 Å². The quantitative estimate of drug-likeness (QED) is 0.889. The molecule has 1 aliphatic rings. The van der Waals surface area contributed by atoms with Crippen LogP contribution in [0.25, 0.3) is 0 Å². The van der Waals surface area contributed by atoms with Crippen molar-refractivity contribution in [2.45, 2.75) is 38.6 Å². The number of likely N-dealkylation sites (tertiary alicyclic amines) is 1. The maximum Gasteiger partial charge on any atom is 0.310 e. The molecule has 0 aromatic heterocycles. The van der Waals surface area contributed by atoms with Gasteiger partial charge in [-0.05, 0) is 44.0 Å². The minimum Gasteiger partial charge on any atom is -0.481 e. The van der Waals surface area contributed by atoms with E-state index in [-0.39, 0.29) is 0 Å². The minimum absolute atomic E-state index is 0.425. The Kier molecular flexibility index (Phi) is 4.37. The summed E-state index contributed by atoms with van der Waals surface area (Å²) in [6.45, 7) is 5.01. The van der Waals surface area contributed by atoms with Crippen LogP contribution in [0.5, 0.6) is 0 Å². The summed E-state index contributed by atoms with van der Waals surface area (Å²) in [5.41, 5.74) is 2.12. The Morgan fingerprint density at radius 2 is 2.06 bits per heavy atom. The Morgan fingerprint density at radius 1 is 1.33 bits per heavy atom. The number of hydrogen-bond donors (Lipinski definition) is 1. The number of aliphatic carboxylic acids is 1. The monoisotopic (exact) mass is 247 g/mol. The number of hydrogen-bond acceptors (Lipinski definition) is 2. The van der Waals surface area contributed by atoms with Gasteiger partial charge in [0.25, 0.3) is 0 Å². The smallest absolute Gasteiger partial charge is 0.310 e. The van der Waals surface area contributed by atoms with E-state index in [1.54, 1.807) is 6.92 Å². The van der Waals surface area contributed by atoms with Crippen molar-refractivity contribution in [2.75, 3.05) is 13.1 Å². The van der Waals surface area contributed by atoms with Crippen molar-refractivity contribution in [3.8, 4) is 0 Å². The van der Waals surface area contributed by atoms with E-state index in [1.807, 2.05) is 18.2 Å². The number of carboxylic acid groups (broad SMARTS) is 1. The van der Waals surface area contributed by atoms with Crippen LogP contribution in [0, 0.1) is 0 Å². The first-order chi connectivity index (χ1) is 8.66. The van der Waals surface area contributed by atoms with Crippen LogP contribution in [0.2, 0.25) is 0 Å². The normalized spacial score (nSPS) is 18.5. The van der Waals surface area contributed by atoms with Gasteiger partial charge in [-0.2, -0.15) is 0 Å². The molecule has 3 heteroatoms. The molecule has 0 radical (unpaired) electrons. The molecule has 1 aliphatic heterocycles. The van der Waals surface area contributed by atoms with Crippen LogP contribution in [0.1, 0.15) is 43.2 Å². The van der Waals surface area contributed by atoms with E-state index < -0.39 is 11.9 Å². The maximum atomic E-state index is 11.0. The van der Waals surface area contributed by atoms with Crippen molar-refractivity contribution < 1.29 is 9.90 Å². The highest BCUT2D eigenvalue weighted by molar-refractivity contribution is 5.75. The van der Waals surface area contributed by atoms with Gasteiger partial charge in [0.1, 0.15) is 0 Å². The minimum atomic E-state index is -0.759. The van der Waals surface area contributed by atoms with E-state index in [2.05, 4.69) is 11.0 Å². The first-order valence-corrected chi connectivity index (χ1v) is 6.71. The molecule has 1 N–H and O–H groups in total. The second-order valence-electron chi connectivity index (χ2n) is 5.14. The Balaban J connectivity index is 2.04. The lowest BCUT2D eigenvalue weighted by Gasteiger charge is -2.26. The number of nitrogens with zero attached hydrogens (tertiary/aromatic N) is 1. The summed E-state index contributed by atoms with van der Waals surface area (Å²) in [4.78, 5) is 13.4. The molecule has 1 aromatic rings. The van der Waals surface area contributed by atoms with Gasteiger partial charge < -0.3 is 5.11 Å². The summed E-state index contributed by atoms with van der Waals surface area (Å²) in [5.74, 6) is -1.18. The summed E-state index contributed by atoms with van der Waals surface area (Å²) in [6.07, 6.45) is 3.91. The summed E-state index contributed by atoms with van der Waals surface area (Å²) in [7, 11) is 0. The number of piperidine rings is 1. The average Bonchev–Trinajstić information content (AvgIpc) is 2.39. The van der Waals surface area contributed by atoms with Crippen molar-refractivity contribution >= 4 is 5.97 Å². The Hall–Kier alpha value is -1.35. The predicted molar refractivity (Wildman–Crippen MR) is 71.6 cm³/mol. The fraction of sp³-hybridized carbons (Fsp3) is 0.533. The zero-order valence-electron chi connectivity index (χ0n) is 10.9. The van der Waals surface area contributed by atoms with Crippen molar-refractivity contribution in [3.63, 3.8) is 0 Å². The van der Waals surface area contributed by atoms with E-state index in [1.165, 1.54) is 37.9 Å². The molecule has 1 aromatic carbocycles. The largest absolute Gasteiger partial charge is 0.481 e. The highest BCUT2D eigenvalue weighted by Crippen LogP contribution is 2.19. The molecule has 1 atom stereocenters. The third kappa shape index (κ3) is 3.33. The lowest BCUT2D eigenvalue weighted by molar-refractivity contribution is -0.138. The topological polar surface area (TPSA) is 40.5 Å². The van der Waals surface area contributed by atoms with E-state index >= 15 is 0 Å². The number of carboxylic acids is 1. The van der Waals surface area contributed by atoms with Crippen LogP contribution >= 0.6 is 0 Å². The molecule has 0 aliphatic carbocycles. The van der Waals surface area contributed by atoms with Gasteiger partial charge in [-0.25, -0.2) is 0 Å². The highest BCUT2D eigenvalue weighted by Gasteiger charge is 2.15. The fourth-order valence-corrected chi connectivity index (χ4v) is 2.48. The molecule has 1 unspecified atom stereocenters. The van der Waals surface area contributed by atoms with Gasteiger partial charge in [0.05, 0.1) is 5.92 Å². The molecule has 3 nitrogen and oxygen atoms in total. The van der Waals surface area contributed by atoms with Crippen molar-refractivity contribution in [1.29, 1.82) is 0 Å². The van der Waals surface area contributed by atoms with Crippen molar-refractivity contribution in [3.05, 3.63) is 35.4 Å². The van der Waals surface area contributed by atoms with Gasteiger partial charge in [0.2, 0.25) is 0 Å². The summed E-state index contributed by atoms with van der Waals surface area (Å²) < 4.78 is 0. The molecule has 18 heavy (non-hydrogen) atoms. The molecular weight excluding hydrogens is 226 g/mol. The number of benzene rings is 1. The summed E-state index contributed by atoms with van der Waals surface area (Å²) in [5, 5.41) is 9.04. The van der Waals surface area contributed by atoms with Gasteiger partial charge in [0.15, 0.2) is 0 Å². The average molecular weight is 247 g/mol. The predicted octanol–water partition coefficient (Wildman–Crippen LogP) is 2.86. The SMILES string of the molecule is CC(C(=O)O)c1cccc(CN2CCCCC2)c1. The molecule has 1 heterocycles. The van der Waals surface area contributed by atoms with Crippen molar-refractivity contribution in [1.82, 2.24) is 4.90 Å². The Morgan fingerprint density at radius 3 is 2.72 bits per heavy atom. The first-order valence-electron chi connectivity index (χ1n) is 6.71. The first kappa shape index (κ1) is 13.1. The van der Waals surface area contributed by atoms with Crippen LogP contribution in [0.4, 0.5) is 0 Å². The van der Waals surface area contributed by atoms with Crippen LogP contribution in [0.3, 0.4) is 0 Å². The number of carbonyl (C=O) groups is 1. The van der Waals surface area contributed by atoms with E-state index in [4.69, 9.17) is 5.11 Å². The number of rotatable bonds is 4. The van der Waals surface area contributed by atoms with Crippen LogP contribution < -0.4 is 0 Å². The van der Waals surface area contributed by atoms with Crippen molar-refractivity contribution in [2.24, 2.45) is 0 Å². The molecular formula is C15H21NO2. The van der Waals surface area contributed by atoms with Crippen LogP contribution in [-0.2, 0) is 11.3 Å². The molecule has 0 spiro atoms. The Labute approximate surface area is 108 Å². The second-order valence-corrected chi connectivity index (χ2v) is 5.14. The molecule has 0 saturated carbocycles. The van der Waals surface area contributed by atoms with Gasteiger partial charge in [-0.3, -0.25) is 9.69 Å². The fourth-order valence-electron chi connectivity index (χ4n) is 2.48. The van der Waals surface area contributed by atoms with E-state index in [0.717, 1.165) is 12.1 Å². The van der Waals surface area contributed by atoms with Gasteiger partial charge in [-0.15, -0.1) is 0 Å². The Bertz CT molecular complexity index is 411. The molecule has 1 saturated heterocycles. The van der Waals surface area contributed by atoms with Crippen LogP contribution in [-0.4, -0.2) is 29.1 Å². The summed E-state index contributed by atoms with van der Waals surface area (Å²) >= 11 is 0. The lowest BCUT2D eigenvalue weighted by atomic mass is 9.99. The van der Waals surface area contributed by atoms with Gasteiger partial charge >= 0.3 is 5.97 Å². The van der Waals surface area contributed by atoms with E-state index in [0.29, 0.717) is 0 Å². The van der Waals surface area contributed by atoms with E-state index in [9.17, 15) is 4.79 Å². The second kappa shape index (κ2) is 6.01. The molecule has 0 amide bonds. The third-order valence-electron chi connectivity index (χ3n) is 3.68. The zero-order chi connectivity index (χ0) is 13.0.